The zero-order valence-electron chi connectivity index (χ0n) is 11.9. The number of nitrogens with one attached hydrogen (secondary N) is 2. The van der Waals surface area contributed by atoms with Gasteiger partial charge in [-0.15, -0.1) is 0 Å². The lowest BCUT2D eigenvalue weighted by Gasteiger charge is -2.12. The molecule has 0 aliphatic carbocycles. The Labute approximate surface area is 131 Å². The molecule has 0 spiro atoms. The van der Waals surface area contributed by atoms with Crippen molar-refractivity contribution in [1.29, 1.82) is 0 Å². The number of hydrogen-bond acceptors (Lipinski definition) is 4. The number of sulfonamides is 1. The third-order valence-electron chi connectivity index (χ3n) is 3.12. The van der Waals surface area contributed by atoms with E-state index in [1.807, 2.05) is 0 Å². The molecule has 1 amide bonds. The standard InChI is InChI=1S/C13H15F3N2O4S/c14-13(15,16)8-17-23(20,21)10-5-3-9(4-6-10)18-12(19)11-2-1-7-22-11/h3-6,11,17H,1-2,7-8H2,(H,18,19). The summed E-state index contributed by atoms with van der Waals surface area (Å²) in [7, 11) is -4.26. The highest BCUT2D eigenvalue weighted by Gasteiger charge is 2.30. The lowest BCUT2D eigenvalue weighted by atomic mass is 10.2. The van der Waals surface area contributed by atoms with Gasteiger partial charge in [0.1, 0.15) is 12.6 Å². The lowest BCUT2D eigenvalue weighted by Crippen LogP contribution is -2.33. The topological polar surface area (TPSA) is 84.5 Å². The summed E-state index contributed by atoms with van der Waals surface area (Å²) in [6, 6.07) is 4.83. The predicted molar refractivity (Wildman–Crippen MR) is 75.3 cm³/mol. The number of carbonyl (C=O) groups excluding carboxylic acids is 1. The van der Waals surface area contributed by atoms with Crippen molar-refractivity contribution in [3.8, 4) is 0 Å². The number of carbonyl (C=O) groups is 1. The second-order valence-electron chi connectivity index (χ2n) is 4.96. The van der Waals surface area contributed by atoms with Gasteiger partial charge in [0.2, 0.25) is 10.0 Å². The molecule has 1 aromatic rings. The minimum Gasteiger partial charge on any atom is -0.368 e. The van der Waals surface area contributed by atoms with Gasteiger partial charge in [-0.1, -0.05) is 0 Å². The SMILES string of the molecule is O=C(Nc1ccc(S(=O)(=O)NCC(F)(F)F)cc1)C1CCCO1. The molecule has 1 fully saturated rings. The van der Waals surface area contributed by atoms with Crippen molar-refractivity contribution < 1.29 is 31.1 Å². The van der Waals surface area contributed by atoms with E-state index in [0.29, 0.717) is 18.7 Å². The molecule has 23 heavy (non-hydrogen) atoms. The van der Waals surface area contributed by atoms with Gasteiger partial charge < -0.3 is 10.1 Å². The van der Waals surface area contributed by atoms with Crippen LogP contribution in [-0.4, -0.2) is 39.8 Å². The number of amides is 1. The number of ether oxygens (including phenoxy) is 1. The molecule has 2 N–H and O–H groups in total. The van der Waals surface area contributed by atoms with E-state index in [4.69, 9.17) is 4.74 Å². The smallest absolute Gasteiger partial charge is 0.368 e. The molecule has 0 aromatic heterocycles. The van der Waals surface area contributed by atoms with Crippen LogP contribution in [0.2, 0.25) is 0 Å². The first-order chi connectivity index (χ1) is 10.7. The Kier molecular flexibility index (Phi) is 5.27. The number of benzene rings is 1. The number of halogens is 3. The van der Waals surface area contributed by atoms with Crippen LogP contribution in [0.3, 0.4) is 0 Å². The molecular weight excluding hydrogens is 337 g/mol. The van der Waals surface area contributed by atoms with Crippen LogP contribution in [0.25, 0.3) is 0 Å². The van der Waals surface area contributed by atoms with Gasteiger partial charge in [-0.25, -0.2) is 13.1 Å². The van der Waals surface area contributed by atoms with Crippen LogP contribution in [-0.2, 0) is 19.6 Å². The van der Waals surface area contributed by atoms with Gasteiger partial charge in [0.05, 0.1) is 4.90 Å². The summed E-state index contributed by atoms with van der Waals surface area (Å²) in [6.45, 7) is -1.13. The number of anilines is 1. The Morgan fingerprint density at radius 2 is 1.91 bits per heavy atom. The fourth-order valence-corrected chi connectivity index (χ4v) is 3.00. The second-order valence-corrected chi connectivity index (χ2v) is 6.72. The molecule has 6 nitrogen and oxygen atoms in total. The van der Waals surface area contributed by atoms with Gasteiger partial charge in [0.25, 0.3) is 5.91 Å². The zero-order chi connectivity index (χ0) is 17.1. The average molecular weight is 352 g/mol. The fraction of sp³-hybridized carbons (Fsp3) is 0.462. The molecule has 2 rings (SSSR count). The normalized spacial score (nSPS) is 18.8. The van der Waals surface area contributed by atoms with E-state index in [2.05, 4.69) is 5.32 Å². The summed E-state index contributed by atoms with van der Waals surface area (Å²) in [4.78, 5) is 11.5. The molecule has 128 valence electrons. The highest BCUT2D eigenvalue weighted by Crippen LogP contribution is 2.18. The molecule has 0 radical (unpaired) electrons. The highest BCUT2D eigenvalue weighted by atomic mass is 32.2. The predicted octanol–water partition coefficient (Wildman–Crippen LogP) is 1.64. The van der Waals surface area contributed by atoms with Crippen molar-refractivity contribution >= 4 is 21.6 Å². The quantitative estimate of drug-likeness (QED) is 0.844. The Bertz CT molecular complexity index is 653. The lowest BCUT2D eigenvalue weighted by molar-refractivity contribution is -0.124. The van der Waals surface area contributed by atoms with Crippen molar-refractivity contribution in [3.05, 3.63) is 24.3 Å². The maximum atomic E-state index is 12.1. The summed E-state index contributed by atoms with van der Waals surface area (Å²) in [5.41, 5.74) is 0.334. The molecule has 10 heteroatoms. The molecule has 0 bridgehead atoms. The van der Waals surface area contributed by atoms with Gasteiger partial charge in [0, 0.05) is 12.3 Å². The number of rotatable bonds is 5. The van der Waals surface area contributed by atoms with E-state index < -0.39 is 28.8 Å². The van der Waals surface area contributed by atoms with E-state index in [1.54, 1.807) is 0 Å². The Balaban J connectivity index is 1.99. The third kappa shape index (κ3) is 5.19. The number of alkyl halides is 3. The molecule has 1 aliphatic heterocycles. The van der Waals surface area contributed by atoms with Crippen LogP contribution in [0.15, 0.2) is 29.2 Å². The van der Waals surface area contributed by atoms with Crippen LogP contribution < -0.4 is 10.0 Å². The fourth-order valence-electron chi connectivity index (χ4n) is 1.98. The van der Waals surface area contributed by atoms with Crippen LogP contribution in [0.5, 0.6) is 0 Å². The summed E-state index contributed by atoms with van der Waals surface area (Å²) in [5, 5.41) is 2.56. The Morgan fingerprint density at radius 3 is 2.43 bits per heavy atom. The minimum absolute atomic E-state index is 0.322. The summed E-state index contributed by atoms with van der Waals surface area (Å²) in [6.07, 6.45) is -3.77. The van der Waals surface area contributed by atoms with E-state index >= 15 is 0 Å². The van der Waals surface area contributed by atoms with Crippen molar-refractivity contribution in [2.24, 2.45) is 0 Å². The van der Waals surface area contributed by atoms with E-state index in [0.717, 1.165) is 18.6 Å². The van der Waals surface area contributed by atoms with Gasteiger partial charge in [-0.05, 0) is 37.1 Å². The van der Waals surface area contributed by atoms with E-state index in [9.17, 15) is 26.4 Å². The highest BCUT2D eigenvalue weighted by molar-refractivity contribution is 7.89. The van der Waals surface area contributed by atoms with Gasteiger partial charge in [-0.3, -0.25) is 4.79 Å². The first-order valence-electron chi connectivity index (χ1n) is 6.76. The molecular formula is C13H15F3N2O4S. The summed E-state index contributed by atoms with van der Waals surface area (Å²) in [5.74, 6) is -0.340. The molecule has 1 aliphatic rings. The largest absolute Gasteiger partial charge is 0.402 e. The zero-order valence-corrected chi connectivity index (χ0v) is 12.7. The van der Waals surface area contributed by atoms with Gasteiger partial charge >= 0.3 is 6.18 Å². The maximum Gasteiger partial charge on any atom is 0.402 e. The molecule has 1 unspecified atom stereocenters. The number of hydrogen-bond donors (Lipinski definition) is 2. The third-order valence-corrected chi connectivity index (χ3v) is 4.53. The van der Waals surface area contributed by atoms with Crippen molar-refractivity contribution in [3.63, 3.8) is 0 Å². The second kappa shape index (κ2) is 6.85. The monoisotopic (exact) mass is 352 g/mol. The summed E-state index contributed by atoms with van der Waals surface area (Å²) >= 11 is 0. The Morgan fingerprint density at radius 1 is 1.26 bits per heavy atom. The van der Waals surface area contributed by atoms with Crippen LogP contribution in [0.4, 0.5) is 18.9 Å². The first kappa shape index (κ1) is 17.7. The van der Waals surface area contributed by atoms with Crippen molar-refractivity contribution in [2.75, 3.05) is 18.5 Å². The Hall–Kier alpha value is -1.65. The molecule has 1 aromatic carbocycles. The van der Waals surface area contributed by atoms with Crippen LogP contribution >= 0.6 is 0 Å². The minimum atomic E-state index is -4.64. The van der Waals surface area contributed by atoms with Crippen molar-refractivity contribution in [1.82, 2.24) is 4.72 Å². The van der Waals surface area contributed by atoms with E-state index in [-0.39, 0.29) is 10.8 Å². The van der Waals surface area contributed by atoms with Gasteiger partial charge in [-0.2, -0.15) is 13.2 Å². The van der Waals surface area contributed by atoms with Crippen LogP contribution in [0.1, 0.15) is 12.8 Å². The summed E-state index contributed by atoms with van der Waals surface area (Å²) < 4.78 is 66.3. The molecule has 0 saturated carbocycles. The first-order valence-corrected chi connectivity index (χ1v) is 8.25. The van der Waals surface area contributed by atoms with E-state index in [1.165, 1.54) is 16.9 Å². The molecule has 1 atom stereocenters. The van der Waals surface area contributed by atoms with Crippen molar-refractivity contribution in [2.45, 2.75) is 30.0 Å². The molecule has 1 saturated heterocycles. The van der Waals surface area contributed by atoms with Gasteiger partial charge in [0.15, 0.2) is 0 Å². The maximum absolute atomic E-state index is 12.1. The average Bonchev–Trinajstić information content (AvgIpc) is 2.99. The molecule has 1 heterocycles. The van der Waals surface area contributed by atoms with Crippen LogP contribution in [0, 0.1) is 0 Å².